The van der Waals surface area contributed by atoms with Crippen molar-refractivity contribution in [3.8, 4) is 5.75 Å². The molecule has 0 spiro atoms. The highest BCUT2D eigenvalue weighted by Gasteiger charge is 2.33. The first-order valence-corrected chi connectivity index (χ1v) is 10.9. The van der Waals surface area contributed by atoms with E-state index in [1.807, 2.05) is 61.5 Å². The molecule has 5 heteroatoms. The lowest BCUT2D eigenvalue weighted by Gasteiger charge is -2.15. The molecule has 4 rings (SSSR count). The van der Waals surface area contributed by atoms with Crippen molar-refractivity contribution in [2.75, 3.05) is 4.90 Å². The van der Waals surface area contributed by atoms with Gasteiger partial charge in [-0.05, 0) is 49.2 Å². The van der Waals surface area contributed by atoms with E-state index in [1.165, 1.54) is 17.3 Å². The second-order valence-electron chi connectivity index (χ2n) is 7.17. The van der Waals surface area contributed by atoms with Crippen LogP contribution in [0.4, 0.5) is 5.69 Å². The van der Waals surface area contributed by atoms with E-state index in [9.17, 15) is 4.79 Å². The van der Waals surface area contributed by atoms with Crippen molar-refractivity contribution >= 4 is 46.0 Å². The Kier molecular flexibility index (Phi) is 6.02. The molecule has 3 aromatic carbocycles. The number of benzene rings is 3. The summed E-state index contributed by atoms with van der Waals surface area (Å²) in [5, 5.41) is 0. The van der Waals surface area contributed by atoms with Crippen LogP contribution in [0.2, 0.25) is 0 Å². The van der Waals surface area contributed by atoms with Crippen LogP contribution in [-0.2, 0) is 11.4 Å². The van der Waals surface area contributed by atoms with Gasteiger partial charge in [-0.1, -0.05) is 84.1 Å². The van der Waals surface area contributed by atoms with Crippen LogP contribution in [0.1, 0.15) is 22.3 Å². The molecule has 0 radical (unpaired) electrons. The summed E-state index contributed by atoms with van der Waals surface area (Å²) in [6.45, 7) is 4.53. The molecule has 1 fully saturated rings. The molecule has 1 aliphatic rings. The number of hydrogen-bond donors (Lipinski definition) is 0. The van der Waals surface area contributed by atoms with Gasteiger partial charge >= 0.3 is 0 Å². The molecule has 0 unspecified atom stereocenters. The Morgan fingerprint density at radius 1 is 0.967 bits per heavy atom. The monoisotopic (exact) mass is 431 g/mol. The van der Waals surface area contributed by atoms with Gasteiger partial charge in [0, 0.05) is 5.56 Å². The maximum absolute atomic E-state index is 13.1. The largest absolute Gasteiger partial charge is 0.488 e. The summed E-state index contributed by atoms with van der Waals surface area (Å²) in [4.78, 5) is 15.2. The lowest BCUT2D eigenvalue weighted by atomic mass is 10.1. The van der Waals surface area contributed by atoms with Gasteiger partial charge in [0.25, 0.3) is 5.91 Å². The second kappa shape index (κ2) is 8.86. The van der Waals surface area contributed by atoms with Crippen molar-refractivity contribution in [1.29, 1.82) is 0 Å². The SMILES string of the molecule is Cc1ccc(COc2ccccc2/C=C2\SC(=S)N(c3cccc(C)c3)C2=O)cc1. The van der Waals surface area contributed by atoms with Gasteiger partial charge in [-0.25, -0.2) is 0 Å². The molecule has 0 N–H and O–H groups in total. The van der Waals surface area contributed by atoms with Gasteiger partial charge < -0.3 is 4.74 Å². The Morgan fingerprint density at radius 3 is 2.50 bits per heavy atom. The van der Waals surface area contributed by atoms with Crippen LogP contribution in [-0.4, -0.2) is 10.2 Å². The highest BCUT2D eigenvalue weighted by atomic mass is 32.2. The zero-order valence-electron chi connectivity index (χ0n) is 16.8. The zero-order chi connectivity index (χ0) is 21.1. The zero-order valence-corrected chi connectivity index (χ0v) is 18.4. The van der Waals surface area contributed by atoms with E-state index in [1.54, 1.807) is 4.90 Å². The summed E-state index contributed by atoms with van der Waals surface area (Å²) < 4.78 is 6.59. The minimum Gasteiger partial charge on any atom is -0.488 e. The molecule has 0 atom stereocenters. The fourth-order valence-electron chi connectivity index (χ4n) is 3.18. The molecule has 0 aliphatic carbocycles. The Bertz CT molecular complexity index is 1140. The van der Waals surface area contributed by atoms with E-state index in [0.717, 1.165) is 28.1 Å². The molecule has 1 amide bonds. The number of ether oxygens (including phenoxy) is 1. The summed E-state index contributed by atoms with van der Waals surface area (Å²) in [7, 11) is 0. The highest BCUT2D eigenvalue weighted by molar-refractivity contribution is 8.27. The molecule has 3 aromatic rings. The topological polar surface area (TPSA) is 29.5 Å². The van der Waals surface area contributed by atoms with Gasteiger partial charge in [-0.15, -0.1) is 0 Å². The first-order valence-electron chi connectivity index (χ1n) is 9.63. The van der Waals surface area contributed by atoms with Crippen LogP contribution in [0.25, 0.3) is 6.08 Å². The van der Waals surface area contributed by atoms with E-state index < -0.39 is 0 Å². The first kappa shape index (κ1) is 20.4. The number of para-hydroxylation sites is 1. The number of hydrogen-bond acceptors (Lipinski definition) is 4. The lowest BCUT2D eigenvalue weighted by molar-refractivity contribution is -0.113. The molecular formula is C25H21NO2S2. The quantitative estimate of drug-likeness (QED) is 0.351. The molecule has 0 aromatic heterocycles. The van der Waals surface area contributed by atoms with Crippen LogP contribution < -0.4 is 9.64 Å². The highest BCUT2D eigenvalue weighted by Crippen LogP contribution is 2.37. The van der Waals surface area contributed by atoms with Gasteiger partial charge in [-0.3, -0.25) is 9.69 Å². The molecule has 1 heterocycles. The van der Waals surface area contributed by atoms with Crippen molar-refractivity contribution in [1.82, 2.24) is 0 Å². The molecule has 30 heavy (non-hydrogen) atoms. The molecule has 1 saturated heterocycles. The van der Waals surface area contributed by atoms with Crippen molar-refractivity contribution in [3.05, 3.63) is 100.0 Å². The van der Waals surface area contributed by atoms with E-state index >= 15 is 0 Å². The summed E-state index contributed by atoms with van der Waals surface area (Å²) in [6.07, 6.45) is 1.86. The van der Waals surface area contributed by atoms with E-state index in [-0.39, 0.29) is 5.91 Å². The van der Waals surface area contributed by atoms with Gasteiger partial charge in [0.1, 0.15) is 12.4 Å². The van der Waals surface area contributed by atoms with Crippen molar-refractivity contribution in [2.45, 2.75) is 20.5 Å². The smallest absolute Gasteiger partial charge is 0.270 e. The van der Waals surface area contributed by atoms with Crippen LogP contribution in [0.15, 0.2) is 77.7 Å². The Morgan fingerprint density at radius 2 is 1.73 bits per heavy atom. The average molecular weight is 432 g/mol. The summed E-state index contributed by atoms with van der Waals surface area (Å²) in [6, 6.07) is 23.8. The van der Waals surface area contributed by atoms with Crippen molar-refractivity contribution in [3.63, 3.8) is 0 Å². The second-order valence-corrected chi connectivity index (χ2v) is 8.84. The number of carbonyl (C=O) groups is 1. The van der Waals surface area contributed by atoms with Crippen LogP contribution >= 0.6 is 24.0 Å². The third-order valence-electron chi connectivity index (χ3n) is 4.77. The van der Waals surface area contributed by atoms with Gasteiger partial charge in [0.2, 0.25) is 0 Å². The van der Waals surface area contributed by atoms with Crippen LogP contribution in [0, 0.1) is 13.8 Å². The van der Waals surface area contributed by atoms with E-state index in [2.05, 4.69) is 31.2 Å². The number of nitrogens with zero attached hydrogens (tertiary/aromatic N) is 1. The maximum Gasteiger partial charge on any atom is 0.270 e. The fraction of sp³-hybridized carbons (Fsp3) is 0.120. The van der Waals surface area contributed by atoms with Crippen molar-refractivity contribution in [2.24, 2.45) is 0 Å². The number of thiocarbonyl (C=S) groups is 1. The van der Waals surface area contributed by atoms with Crippen LogP contribution in [0.3, 0.4) is 0 Å². The van der Waals surface area contributed by atoms with Gasteiger partial charge in [0.15, 0.2) is 4.32 Å². The van der Waals surface area contributed by atoms with E-state index in [0.29, 0.717) is 15.8 Å². The lowest BCUT2D eigenvalue weighted by Crippen LogP contribution is -2.27. The third kappa shape index (κ3) is 4.48. The molecule has 0 saturated carbocycles. The minimum atomic E-state index is -0.107. The predicted molar refractivity (Wildman–Crippen MR) is 129 cm³/mol. The number of aryl methyl sites for hydroxylation is 2. The third-order valence-corrected chi connectivity index (χ3v) is 6.08. The van der Waals surface area contributed by atoms with Gasteiger partial charge in [0.05, 0.1) is 10.6 Å². The van der Waals surface area contributed by atoms with Crippen LogP contribution in [0.5, 0.6) is 5.75 Å². The number of thioether (sulfide) groups is 1. The number of amides is 1. The van der Waals surface area contributed by atoms with E-state index in [4.69, 9.17) is 17.0 Å². The number of rotatable bonds is 5. The predicted octanol–water partition coefficient (Wildman–Crippen LogP) is 6.29. The standard InChI is InChI=1S/C25H21NO2S2/c1-17-10-12-19(13-11-17)16-28-22-9-4-3-7-20(22)15-23-24(27)26(25(29)30-23)21-8-5-6-18(2)14-21/h3-15H,16H2,1-2H3/b23-15-. The normalized spacial score (nSPS) is 15.1. The summed E-state index contributed by atoms with van der Waals surface area (Å²) in [5.41, 5.74) is 5.05. The maximum atomic E-state index is 13.1. The van der Waals surface area contributed by atoms with Crippen molar-refractivity contribution < 1.29 is 9.53 Å². The summed E-state index contributed by atoms with van der Waals surface area (Å²) in [5.74, 6) is 0.628. The first-order chi connectivity index (χ1) is 14.5. The number of carbonyl (C=O) groups excluding carboxylic acids is 1. The Balaban J connectivity index is 1.57. The summed E-state index contributed by atoms with van der Waals surface area (Å²) >= 11 is 6.81. The van der Waals surface area contributed by atoms with Gasteiger partial charge in [-0.2, -0.15) is 0 Å². The Hall–Kier alpha value is -2.89. The molecule has 3 nitrogen and oxygen atoms in total. The fourth-order valence-corrected chi connectivity index (χ4v) is 4.47. The average Bonchev–Trinajstić information content (AvgIpc) is 3.01. The molecule has 0 bridgehead atoms. The molecule has 1 aliphatic heterocycles. The molecular weight excluding hydrogens is 410 g/mol. The Labute approximate surface area is 186 Å². The molecule has 150 valence electrons. The minimum absolute atomic E-state index is 0.107. The number of anilines is 1.